The summed E-state index contributed by atoms with van der Waals surface area (Å²) in [5.41, 5.74) is 3.13. The molecule has 2 bridgehead atoms. The highest BCUT2D eigenvalue weighted by Crippen LogP contribution is 2.56. The van der Waals surface area contributed by atoms with E-state index in [0.717, 1.165) is 53.1 Å². The van der Waals surface area contributed by atoms with Crippen LogP contribution in [0.25, 0.3) is 11.5 Å². The first kappa shape index (κ1) is 34.3. The Morgan fingerprint density at radius 2 is 1.24 bits per heavy atom. The van der Waals surface area contributed by atoms with Crippen molar-refractivity contribution in [2.45, 2.75) is 18.9 Å². The number of anilines is 1. The maximum atomic E-state index is 12.8. The van der Waals surface area contributed by atoms with Gasteiger partial charge in [0.1, 0.15) is 15.9 Å². The van der Waals surface area contributed by atoms with Crippen LogP contribution in [0.4, 0.5) is 5.88 Å². The lowest BCUT2D eigenvalue weighted by molar-refractivity contribution is -2.00. The highest BCUT2D eigenvalue weighted by atomic mass is 79.9. The molecule has 4 heterocycles. The monoisotopic (exact) mass is 771 g/mol. The zero-order chi connectivity index (χ0) is 34.9. The van der Waals surface area contributed by atoms with E-state index in [4.69, 9.17) is 28.0 Å². The normalized spacial score (nSPS) is 17.0. The number of halogens is 2. The SMILES string of the molecule is O=c1cccc2n1C[C@H]1C[C@@H]2CN(c2oc(-c3ccc(Br)cc3)nc2[P+](c2ccccc2)(c2ccccc2)c2ccccc2)C1.[O-][Cl+3]([O-])([O-])[O-]. The van der Waals surface area contributed by atoms with Gasteiger partial charge in [0.05, 0.1) is 0 Å². The first-order valence-corrected chi connectivity index (χ1v) is 19.8. The van der Waals surface area contributed by atoms with Crippen molar-refractivity contribution in [3.8, 4) is 11.5 Å². The minimum Gasteiger partial charge on any atom is -0.416 e. The summed E-state index contributed by atoms with van der Waals surface area (Å²) in [6, 6.07) is 46.4. The van der Waals surface area contributed by atoms with Gasteiger partial charge in [-0.15, -0.1) is 10.2 Å². The Hall–Kier alpha value is -4.12. The molecule has 254 valence electrons. The number of benzene rings is 4. The van der Waals surface area contributed by atoms with Gasteiger partial charge < -0.3 is 13.9 Å². The lowest BCUT2D eigenvalue weighted by Crippen LogP contribution is -2.68. The van der Waals surface area contributed by atoms with Crippen LogP contribution in [0.5, 0.6) is 0 Å². The number of fused-ring (bicyclic) bond motifs is 4. The number of aromatic nitrogens is 2. The fourth-order valence-electron chi connectivity index (χ4n) is 7.28. The van der Waals surface area contributed by atoms with Crippen LogP contribution in [0.3, 0.4) is 0 Å². The molecular formula is C38H32BrClN3O6P. The van der Waals surface area contributed by atoms with Crippen LogP contribution in [0, 0.1) is 16.2 Å². The predicted octanol–water partition coefficient (Wildman–Crippen LogP) is 1.75. The van der Waals surface area contributed by atoms with E-state index in [2.05, 4.69) is 130 Å². The molecule has 8 rings (SSSR count). The molecule has 9 nitrogen and oxygen atoms in total. The van der Waals surface area contributed by atoms with E-state index in [-0.39, 0.29) is 11.5 Å². The fraction of sp³-hybridized carbons (Fsp3) is 0.158. The Morgan fingerprint density at radius 1 is 0.700 bits per heavy atom. The van der Waals surface area contributed by atoms with Crippen molar-refractivity contribution < 1.29 is 33.3 Å². The third-order valence-corrected chi connectivity index (χ3v) is 13.9. The van der Waals surface area contributed by atoms with E-state index in [9.17, 15) is 4.79 Å². The molecule has 1 saturated heterocycles. The number of oxazole rings is 1. The van der Waals surface area contributed by atoms with E-state index in [0.29, 0.717) is 11.8 Å². The summed E-state index contributed by atoms with van der Waals surface area (Å²) in [4.78, 5) is 20.7. The van der Waals surface area contributed by atoms with Gasteiger partial charge in [-0.2, -0.15) is 4.98 Å². The van der Waals surface area contributed by atoms with Gasteiger partial charge >= 0.3 is 0 Å². The summed E-state index contributed by atoms with van der Waals surface area (Å²) in [7, 11) is -7.48. The van der Waals surface area contributed by atoms with Gasteiger partial charge in [-0.3, -0.25) is 4.79 Å². The lowest BCUT2D eigenvalue weighted by atomic mass is 9.83. The predicted molar refractivity (Wildman–Crippen MR) is 188 cm³/mol. The summed E-state index contributed by atoms with van der Waals surface area (Å²) in [6.07, 6.45) is 1.07. The largest absolute Gasteiger partial charge is 0.416 e. The number of hydrogen-bond acceptors (Lipinski definition) is 8. The molecule has 2 aromatic heterocycles. The van der Waals surface area contributed by atoms with Crippen LogP contribution in [0.2, 0.25) is 0 Å². The molecule has 0 N–H and O–H groups in total. The molecule has 0 aliphatic carbocycles. The molecule has 2 atom stereocenters. The molecule has 6 aromatic rings. The van der Waals surface area contributed by atoms with Crippen LogP contribution in [-0.4, -0.2) is 22.6 Å². The van der Waals surface area contributed by atoms with Crippen molar-refractivity contribution in [2.24, 2.45) is 5.92 Å². The van der Waals surface area contributed by atoms with Crippen LogP contribution in [-0.2, 0) is 6.54 Å². The molecule has 0 spiro atoms. The minimum absolute atomic E-state index is 0.0932. The van der Waals surface area contributed by atoms with Crippen molar-refractivity contribution in [3.05, 3.63) is 154 Å². The quantitative estimate of drug-likeness (QED) is 0.233. The van der Waals surface area contributed by atoms with Crippen molar-refractivity contribution in [3.63, 3.8) is 0 Å². The summed E-state index contributed by atoms with van der Waals surface area (Å²) < 4.78 is 44.0. The van der Waals surface area contributed by atoms with Crippen molar-refractivity contribution >= 4 is 50.4 Å². The van der Waals surface area contributed by atoms with Gasteiger partial charge in [-0.1, -0.05) is 76.6 Å². The van der Waals surface area contributed by atoms with E-state index >= 15 is 0 Å². The van der Waals surface area contributed by atoms with E-state index in [1.807, 2.05) is 22.8 Å². The molecule has 2 aliphatic rings. The Morgan fingerprint density at radius 3 is 1.78 bits per heavy atom. The van der Waals surface area contributed by atoms with Gasteiger partial charge in [0, 0.05) is 47.3 Å². The molecule has 2 aliphatic heterocycles. The van der Waals surface area contributed by atoms with Crippen LogP contribution < -0.4 is 50.4 Å². The average Bonchev–Trinajstić information content (AvgIpc) is 3.56. The van der Waals surface area contributed by atoms with Gasteiger partial charge in [-0.25, -0.2) is 18.6 Å². The molecule has 12 heteroatoms. The first-order chi connectivity index (χ1) is 24.1. The number of piperidine rings is 1. The highest BCUT2D eigenvalue weighted by Gasteiger charge is 2.54. The van der Waals surface area contributed by atoms with Crippen molar-refractivity contribution in [1.29, 1.82) is 0 Å². The molecule has 0 unspecified atom stereocenters. The number of pyridine rings is 1. The van der Waals surface area contributed by atoms with Gasteiger partial charge in [0.25, 0.3) is 16.9 Å². The Labute approximate surface area is 300 Å². The summed E-state index contributed by atoms with van der Waals surface area (Å²) in [5.74, 6) is 2.02. The number of hydrogen-bond donors (Lipinski definition) is 0. The second-order valence-electron chi connectivity index (χ2n) is 12.3. The maximum absolute atomic E-state index is 12.8. The lowest BCUT2D eigenvalue weighted by Gasteiger charge is -2.42. The molecule has 4 aromatic carbocycles. The van der Waals surface area contributed by atoms with Crippen molar-refractivity contribution in [2.75, 3.05) is 18.0 Å². The molecule has 50 heavy (non-hydrogen) atoms. The average molecular weight is 773 g/mol. The number of nitrogens with zero attached hydrogens (tertiary/aromatic N) is 3. The number of rotatable bonds is 6. The second-order valence-corrected chi connectivity index (χ2v) is 17.3. The van der Waals surface area contributed by atoms with Gasteiger partial charge in [0.2, 0.25) is 5.89 Å². The van der Waals surface area contributed by atoms with E-state index < -0.39 is 17.5 Å². The van der Waals surface area contributed by atoms with Crippen LogP contribution in [0.1, 0.15) is 18.0 Å². The van der Waals surface area contributed by atoms with Crippen LogP contribution >= 0.6 is 23.2 Å². The first-order valence-electron chi connectivity index (χ1n) is 16.0. The zero-order valence-corrected chi connectivity index (χ0v) is 29.9. The third kappa shape index (κ3) is 6.93. The Balaban J connectivity index is 0.000000734. The van der Waals surface area contributed by atoms with Crippen molar-refractivity contribution in [1.82, 2.24) is 9.55 Å². The molecule has 1 fully saturated rings. The Kier molecular flexibility index (Phi) is 9.78. The topological polar surface area (TPSA) is 144 Å². The highest BCUT2D eigenvalue weighted by molar-refractivity contribution is 9.10. The summed E-state index contributed by atoms with van der Waals surface area (Å²) >= 11 is 3.59. The maximum Gasteiger partial charge on any atom is 0.262 e. The van der Waals surface area contributed by atoms with Crippen LogP contribution in [0.15, 0.2) is 147 Å². The smallest absolute Gasteiger partial charge is 0.262 e. The van der Waals surface area contributed by atoms with E-state index in [1.165, 1.54) is 15.9 Å². The van der Waals surface area contributed by atoms with Gasteiger partial charge in [0.15, 0.2) is 7.26 Å². The standard InChI is InChI=1S/C38H32BrN3O2P.ClHO4/c39-30-21-19-28(20-22-30)36-40-37(38(44-36)41-24-27-23-29(26-41)34-17-10-18-35(43)42(34)25-27)45(31-11-4-1-5-12-31,32-13-6-2-7-14-32)33-15-8-3-9-16-33;2-1(3,4)5/h1-22,27,29H,23-26H2;(H,2,3,4,5)/q+1;/p-1/t27-,29+;/m0./s1. The summed E-state index contributed by atoms with van der Waals surface area (Å²) in [5, 5.41) is 3.69. The second kappa shape index (κ2) is 14.2. The molecular weight excluding hydrogens is 741 g/mol. The molecule has 0 amide bonds. The van der Waals surface area contributed by atoms with E-state index in [1.54, 1.807) is 6.07 Å². The molecule has 0 saturated carbocycles. The Bertz CT molecular complexity index is 2020. The fourth-order valence-corrected chi connectivity index (χ4v) is 11.7. The third-order valence-electron chi connectivity index (χ3n) is 9.20. The van der Waals surface area contributed by atoms with Gasteiger partial charge in [-0.05, 0) is 79.1 Å². The summed E-state index contributed by atoms with van der Waals surface area (Å²) in [6.45, 7) is 2.29. The zero-order valence-electron chi connectivity index (χ0n) is 26.7. The molecule has 0 radical (unpaired) electrons. The minimum atomic E-state index is -4.94.